The van der Waals surface area contributed by atoms with Gasteiger partial charge in [-0.15, -0.1) is 5.10 Å². The number of benzene rings is 1. The van der Waals surface area contributed by atoms with Crippen LogP contribution < -0.4 is 9.47 Å². The Balaban J connectivity index is 2.11. The van der Waals surface area contributed by atoms with Crippen molar-refractivity contribution in [1.29, 1.82) is 0 Å². The molecule has 0 aliphatic rings. The molecule has 6 heteroatoms. The molecule has 0 aliphatic heterocycles. The maximum atomic E-state index is 5.89. The van der Waals surface area contributed by atoms with Gasteiger partial charge in [0, 0.05) is 11.5 Å². The van der Waals surface area contributed by atoms with Crippen molar-refractivity contribution in [2.75, 3.05) is 7.11 Å². The van der Waals surface area contributed by atoms with E-state index in [9.17, 15) is 0 Å². The van der Waals surface area contributed by atoms with Gasteiger partial charge in [-0.1, -0.05) is 22.2 Å². The minimum Gasteiger partial charge on any atom is -0.493 e. The molecule has 0 aliphatic carbocycles. The van der Waals surface area contributed by atoms with Gasteiger partial charge in [-0.2, -0.15) is 0 Å². The maximum Gasteiger partial charge on any atom is 0.161 e. The second kappa shape index (κ2) is 5.33. The molecule has 4 nitrogen and oxygen atoms in total. The average molecular weight is 271 g/mol. The smallest absolute Gasteiger partial charge is 0.161 e. The van der Waals surface area contributed by atoms with Crippen LogP contribution in [0.4, 0.5) is 0 Å². The number of nitrogens with zero attached hydrogens (tertiary/aromatic N) is 2. The summed E-state index contributed by atoms with van der Waals surface area (Å²) in [5, 5.41) is 3.87. The van der Waals surface area contributed by atoms with Gasteiger partial charge < -0.3 is 9.47 Å². The highest BCUT2D eigenvalue weighted by atomic mass is 35.5. The fourth-order valence-electron chi connectivity index (χ4n) is 1.32. The summed E-state index contributed by atoms with van der Waals surface area (Å²) in [6.07, 6.45) is 0. The Bertz CT molecular complexity index is 516. The van der Waals surface area contributed by atoms with Crippen LogP contribution in [0.2, 0.25) is 4.34 Å². The molecule has 1 aromatic carbocycles. The molecule has 17 heavy (non-hydrogen) atoms. The molecule has 1 aromatic heterocycles. The lowest BCUT2D eigenvalue weighted by molar-refractivity contribution is 0.280. The van der Waals surface area contributed by atoms with E-state index in [0.717, 1.165) is 17.1 Å². The quantitative estimate of drug-likeness (QED) is 0.856. The van der Waals surface area contributed by atoms with Crippen LogP contribution in [0.15, 0.2) is 18.2 Å². The van der Waals surface area contributed by atoms with Gasteiger partial charge in [0.2, 0.25) is 0 Å². The summed E-state index contributed by atoms with van der Waals surface area (Å²) in [6, 6.07) is 5.73. The lowest BCUT2D eigenvalue weighted by atomic mass is 10.2. The van der Waals surface area contributed by atoms with E-state index >= 15 is 0 Å². The fraction of sp³-hybridized carbons (Fsp3) is 0.273. The van der Waals surface area contributed by atoms with Crippen LogP contribution in [0.25, 0.3) is 0 Å². The first-order chi connectivity index (χ1) is 8.20. The third-order valence-corrected chi connectivity index (χ3v) is 3.18. The molecule has 0 saturated carbocycles. The Labute approximate surface area is 108 Å². The topological polar surface area (TPSA) is 44.2 Å². The van der Waals surface area contributed by atoms with Gasteiger partial charge in [0.1, 0.15) is 16.6 Å². The Hall–Kier alpha value is -1.33. The summed E-state index contributed by atoms with van der Waals surface area (Å²) in [5.74, 6) is 1.37. The van der Waals surface area contributed by atoms with E-state index in [4.69, 9.17) is 21.1 Å². The number of aromatic nitrogens is 2. The molecule has 0 amide bonds. The van der Waals surface area contributed by atoms with Gasteiger partial charge in [-0.05, 0) is 24.6 Å². The first kappa shape index (κ1) is 12.1. The molecule has 0 bridgehead atoms. The summed E-state index contributed by atoms with van der Waals surface area (Å²) >= 11 is 7.03. The normalized spacial score (nSPS) is 10.3. The number of rotatable bonds is 4. The predicted molar refractivity (Wildman–Crippen MR) is 67.0 cm³/mol. The van der Waals surface area contributed by atoms with Crippen LogP contribution in [-0.2, 0) is 6.61 Å². The summed E-state index contributed by atoms with van der Waals surface area (Å²) in [6.45, 7) is 2.28. The van der Waals surface area contributed by atoms with Crippen LogP contribution in [0.5, 0.6) is 11.5 Å². The first-order valence-corrected chi connectivity index (χ1v) is 6.10. The van der Waals surface area contributed by atoms with Gasteiger partial charge in [-0.3, -0.25) is 0 Å². The zero-order chi connectivity index (χ0) is 12.3. The molecular formula is C11H11ClN2O2S. The minimum atomic E-state index is 0.286. The molecule has 1 heterocycles. The number of ether oxygens (including phenoxy) is 2. The second-order valence-corrected chi connectivity index (χ2v) is 4.79. The molecule has 0 spiro atoms. The van der Waals surface area contributed by atoms with Gasteiger partial charge in [0.25, 0.3) is 0 Å². The Morgan fingerprint density at radius 1 is 1.35 bits per heavy atom. The van der Waals surface area contributed by atoms with E-state index in [2.05, 4.69) is 9.59 Å². The fourth-order valence-corrected chi connectivity index (χ4v) is 1.92. The van der Waals surface area contributed by atoms with Crippen LogP contribution in [0, 0.1) is 6.92 Å². The van der Waals surface area contributed by atoms with Gasteiger partial charge >= 0.3 is 0 Å². The van der Waals surface area contributed by atoms with Crippen molar-refractivity contribution in [3.63, 3.8) is 0 Å². The lowest BCUT2D eigenvalue weighted by Crippen LogP contribution is -1.98. The van der Waals surface area contributed by atoms with Crippen molar-refractivity contribution >= 4 is 23.1 Å². The minimum absolute atomic E-state index is 0.286. The molecular weight excluding hydrogens is 260 g/mol. The zero-order valence-corrected chi connectivity index (χ0v) is 11.0. The van der Waals surface area contributed by atoms with Gasteiger partial charge in [0.15, 0.2) is 11.5 Å². The van der Waals surface area contributed by atoms with E-state index in [1.165, 1.54) is 0 Å². The lowest BCUT2D eigenvalue weighted by Gasteiger charge is -2.10. The van der Waals surface area contributed by atoms with Crippen LogP contribution in [-0.4, -0.2) is 16.7 Å². The summed E-state index contributed by atoms with van der Waals surface area (Å²) in [7, 11) is 1.61. The van der Waals surface area contributed by atoms with Crippen molar-refractivity contribution in [2.24, 2.45) is 0 Å². The second-order valence-electron chi connectivity index (χ2n) is 3.44. The number of halogens is 1. The molecule has 0 saturated heterocycles. The monoisotopic (exact) mass is 270 g/mol. The third-order valence-electron chi connectivity index (χ3n) is 2.19. The largest absolute Gasteiger partial charge is 0.493 e. The summed E-state index contributed by atoms with van der Waals surface area (Å²) < 4.78 is 15.1. The Kier molecular flexibility index (Phi) is 3.81. The van der Waals surface area contributed by atoms with Crippen molar-refractivity contribution in [3.05, 3.63) is 33.8 Å². The van der Waals surface area contributed by atoms with Crippen LogP contribution in [0.1, 0.15) is 11.3 Å². The molecule has 0 N–H and O–H groups in total. The van der Waals surface area contributed by atoms with Crippen molar-refractivity contribution in [1.82, 2.24) is 9.59 Å². The van der Waals surface area contributed by atoms with E-state index in [1.807, 2.05) is 25.1 Å². The van der Waals surface area contributed by atoms with E-state index in [-0.39, 0.29) is 6.61 Å². The standard InChI is InChI=1S/C11H11ClN2O2S/c1-7-3-4-9(10(5-7)15-2)16-6-8-11(12)17-14-13-8/h3-5H,6H2,1-2H3. The highest BCUT2D eigenvalue weighted by molar-refractivity contribution is 7.10. The first-order valence-electron chi connectivity index (χ1n) is 4.95. The van der Waals surface area contributed by atoms with Gasteiger partial charge in [-0.25, -0.2) is 0 Å². The summed E-state index contributed by atoms with van der Waals surface area (Å²) in [5.41, 5.74) is 1.75. The molecule has 0 fully saturated rings. The SMILES string of the molecule is COc1cc(C)ccc1OCc1nnsc1Cl. The van der Waals surface area contributed by atoms with Crippen LogP contribution >= 0.6 is 23.1 Å². The maximum absolute atomic E-state index is 5.89. The van der Waals surface area contributed by atoms with Gasteiger partial charge in [0.05, 0.1) is 7.11 Å². The highest BCUT2D eigenvalue weighted by Gasteiger charge is 2.09. The molecule has 0 atom stereocenters. The predicted octanol–water partition coefficient (Wildman–Crippen LogP) is 3.09. The number of methoxy groups -OCH3 is 1. The van der Waals surface area contributed by atoms with E-state index < -0.39 is 0 Å². The van der Waals surface area contributed by atoms with E-state index in [1.54, 1.807) is 7.11 Å². The third kappa shape index (κ3) is 2.87. The molecule has 2 rings (SSSR count). The zero-order valence-electron chi connectivity index (χ0n) is 9.44. The number of aryl methyl sites for hydroxylation is 1. The molecule has 0 unspecified atom stereocenters. The van der Waals surface area contributed by atoms with Crippen molar-refractivity contribution in [2.45, 2.75) is 13.5 Å². The Morgan fingerprint density at radius 2 is 2.18 bits per heavy atom. The summed E-state index contributed by atoms with van der Waals surface area (Å²) in [4.78, 5) is 0. The molecule has 0 radical (unpaired) electrons. The molecule has 90 valence electrons. The van der Waals surface area contributed by atoms with Crippen LogP contribution in [0.3, 0.4) is 0 Å². The number of hydrogen-bond acceptors (Lipinski definition) is 5. The Morgan fingerprint density at radius 3 is 2.82 bits per heavy atom. The number of hydrogen-bond donors (Lipinski definition) is 0. The molecule has 2 aromatic rings. The van der Waals surface area contributed by atoms with Crippen molar-refractivity contribution < 1.29 is 9.47 Å². The average Bonchev–Trinajstić information content (AvgIpc) is 2.73. The van der Waals surface area contributed by atoms with E-state index in [0.29, 0.717) is 21.5 Å². The van der Waals surface area contributed by atoms with Crippen molar-refractivity contribution in [3.8, 4) is 11.5 Å². The highest BCUT2D eigenvalue weighted by Crippen LogP contribution is 2.29.